The Hall–Kier alpha value is -1.35. The van der Waals surface area contributed by atoms with Crippen LogP contribution in [0.2, 0.25) is 0 Å². The molecule has 1 aromatic carbocycles. The molecular weight excluding hydrogens is 178 g/mol. The second-order valence-electron chi connectivity index (χ2n) is 3.28. The van der Waals surface area contributed by atoms with Crippen LogP contribution >= 0.6 is 0 Å². The van der Waals surface area contributed by atoms with Gasteiger partial charge in [0.05, 0.1) is 0 Å². The first-order valence-corrected chi connectivity index (χ1v) is 4.49. The van der Waals surface area contributed by atoms with E-state index in [1.807, 2.05) is 32.0 Å². The molecule has 0 saturated heterocycles. The summed E-state index contributed by atoms with van der Waals surface area (Å²) in [4.78, 5) is 11.2. The first kappa shape index (κ1) is 10.7. The minimum atomic E-state index is -0.129. The van der Waals surface area contributed by atoms with Crippen molar-refractivity contribution < 1.29 is 9.53 Å². The lowest BCUT2D eigenvalue weighted by atomic mass is 10.1. The third-order valence-corrected chi connectivity index (χ3v) is 2.07. The van der Waals surface area contributed by atoms with Gasteiger partial charge < -0.3 is 10.1 Å². The van der Waals surface area contributed by atoms with Gasteiger partial charge in [-0.05, 0) is 37.1 Å². The Balaban J connectivity index is 2.68. The summed E-state index contributed by atoms with van der Waals surface area (Å²) in [5, 5.41) is 2.75. The Bertz CT molecular complexity index is 334. The average Bonchev–Trinajstić information content (AvgIpc) is 2.12. The molecule has 1 aromatic rings. The maximum atomic E-state index is 11.2. The van der Waals surface area contributed by atoms with Crippen LogP contribution in [0, 0.1) is 13.8 Å². The Kier molecular flexibility index (Phi) is 3.65. The highest BCUT2D eigenvalue weighted by atomic mass is 16.5. The number of carbonyl (C=O) groups excluding carboxylic acids is 1. The molecule has 0 aliphatic carbocycles. The van der Waals surface area contributed by atoms with E-state index in [4.69, 9.17) is 4.74 Å². The maximum Gasteiger partial charge on any atom is 0.250 e. The van der Waals surface area contributed by atoms with Crippen molar-refractivity contribution in [2.24, 2.45) is 0 Å². The minimum absolute atomic E-state index is 0.0902. The number of benzene rings is 1. The van der Waals surface area contributed by atoms with Crippen molar-refractivity contribution in [3.05, 3.63) is 29.3 Å². The second-order valence-corrected chi connectivity index (χ2v) is 3.28. The van der Waals surface area contributed by atoms with E-state index in [0.29, 0.717) is 0 Å². The Labute approximate surface area is 84.1 Å². The lowest BCUT2D eigenvalue weighted by Gasteiger charge is -2.06. The van der Waals surface area contributed by atoms with Crippen LogP contribution in [0.25, 0.3) is 0 Å². The molecule has 0 aromatic heterocycles. The quantitative estimate of drug-likeness (QED) is 0.796. The summed E-state index contributed by atoms with van der Waals surface area (Å²) in [7, 11) is 1.50. The van der Waals surface area contributed by atoms with Gasteiger partial charge in [0.2, 0.25) is 5.91 Å². The molecule has 0 atom stereocenters. The highest BCUT2D eigenvalue weighted by Crippen LogP contribution is 2.13. The fourth-order valence-electron chi connectivity index (χ4n) is 1.15. The third kappa shape index (κ3) is 2.85. The highest BCUT2D eigenvalue weighted by molar-refractivity contribution is 5.91. The topological polar surface area (TPSA) is 38.3 Å². The molecule has 0 aliphatic rings. The summed E-state index contributed by atoms with van der Waals surface area (Å²) in [6.45, 7) is 4.14. The second kappa shape index (κ2) is 4.77. The van der Waals surface area contributed by atoms with E-state index < -0.39 is 0 Å². The van der Waals surface area contributed by atoms with Gasteiger partial charge in [-0.25, -0.2) is 0 Å². The van der Waals surface area contributed by atoms with E-state index in [2.05, 4.69) is 5.32 Å². The van der Waals surface area contributed by atoms with Crippen LogP contribution in [-0.2, 0) is 9.53 Å². The van der Waals surface area contributed by atoms with Crippen LogP contribution in [0.3, 0.4) is 0 Å². The largest absolute Gasteiger partial charge is 0.375 e. The van der Waals surface area contributed by atoms with Crippen molar-refractivity contribution in [1.82, 2.24) is 0 Å². The molecule has 0 spiro atoms. The number of aryl methyl sites for hydroxylation is 2. The number of hydrogen-bond acceptors (Lipinski definition) is 2. The molecule has 1 amide bonds. The van der Waals surface area contributed by atoms with Crippen LogP contribution in [0.4, 0.5) is 5.69 Å². The van der Waals surface area contributed by atoms with E-state index in [1.165, 1.54) is 18.2 Å². The number of carbonyl (C=O) groups is 1. The first-order valence-electron chi connectivity index (χ1n) is 4.49. The number of anilines is 1. The highest BCUT2D eigenvalue weighted by Gasteiger charge is 2.01. The van der Waals surface area contributed by atoms with Gasteiger partial charge in [-0.3, -0.25) is 4.79 Å². The van der Waals surface area contributed by atoms with Gasteiger partial charge in [0.25, 0.3) is 0 Å². The predicted octanol–water partition coefficient (Wildman–Crippen LogP) is 1.89. The van der Waals surface area contributed by atoms with Crippen LogP contribution in [0.1, 0.15) is 11.1 Å². The molecule has 0 saturated carbocycles. The molecular formula is C11H15NO2. The Morgan fingerprint density at radius 2 is 2.07 bits per heavy atom. The molecule has 1 N–H and O–H groups in total. The summed E-state index contributed by atoms with van der Waals surface area (Å²) >= 11 is 0. The standard InChI is InChI=1S/C11H15NO2/c1-8-4-5-10(6-9(8)2)12-11(13)7-14-3/h4-6H,7H2,1-3H3,(H,12,13). The zero-order chi connectivity index (χ0) is 10.6. The van der Waals surface area contributed by atoms with E-state index in [1.54, 1.807) is 0 Å². The molecule has 0 aliphatic heterocycles. The van der Waals surface area contributed by atoms with E-state index in [9.17, 15) is 4.79 Å². The van der Waals surface area contributed by atoms with Gasteiger partial charge >= 0.3 is 0 Å². The SMILES string of the molecule is COCC(=O)Nc1ccc(C)c(C)c1. The Morgan fingerprint density at radius 1 is 1.36 bits per heavy atom. The number of hydrogen-bond donors (Lipinski definition) is 1. The van der Waals surface area contributed by atoms with Crippen LogP contribution in [-0.4, -0.2) is 19.6 Å². The first-order chi connectivity index (χ1) is 6.63. The summed E-state index contributed by atoms with van der Waals surface area (Å²) in [5.74, 6) is -0.129. The van der Waals surface area contributed by atoms with Crippen LogP contribution < -0.4 is 5.32 Å². The lowest BCUT2D eigenvalue weighted by molar-refractivity contribution is -0.119. The monoisotopic (exact) mass is 193 g/mol. The molecule has 3 heteroatoms. The fourth-order valence-corrected chi connectivity index (χ4v) is 1.15. The molecule has 0 bridgehead atoms. The van der Waals surface area contributed by atoms with Crippen molar-refractivity contribution in [3.8, 4) is 0 Å². The summed E-state index contributed by atoms with van der Waals surface area (Å²) < 4.78 is 4.72. The van der Waals surface area contributed by atoms with Gasteiger partial charge in [-0.2, -0.15) is 0 Å². The molecule has 0 radical (unpaired) electrons. The van der Waals surface area contributed by atoms with E-state index in [-0.39, 0.29) is 12.5 Å². The summed E-state index contributed by atoms with van der Waals surface area (Å²) in [6, 6.07) is 5.82. The summed E-state index contributed by atoms with van der Waals surface area (Å²) in [6.07, 6.45) is 0. The van der Waals surface area contributed by atoms with Gasteiger partial charge in [-0.15, -0.1) is 0 Å². The maximum absolute atomic E-state index is 11.2. The zero-order valence-corrected chi connectivity index (χ0v) is 8.76. The molecule has 1 rings (SSSR count). The van der Waals surface area contributed by atoms with Gasteiger partial charge in [0.15, 0.2) is 0 Å². The number of rotatable bonds is 3. The van der Waals surface area contributed by atoms with Crippen molar-refractivity contribution >= 4 is 11.6 Å². The smallest absolute Gasteiger partial charge is 0.250 e. The number of methoxy groups -OCH3 is 1. The molecule has 0 unspecified atom stereocenters. The zero-order valence-electron chi connectivity index (χ0n) is 8.76. The van der Waals surface area contributed by atoms with Crippen molar-refractivity contribution in [3.63, 3.8) is 0 Å². The number of nitrogens with one attached hydrogen (secondary N) is 1. The summed E-state index contributed by atoms with van der Waals surface area (Å²) in [5.41, 5.74) is 3.20. The van der Waals surface area contributed by atoms with Crippen molar-refractivity contribution in [2.75, 3.05) is 19.0 Å². The fraction of sp³-hybridized carbons (Fsp3) is 0.364. The Morgan fingerprint density at radius 3 is 2.64 bits per heavy atom. The molecule has 3 nitrogen and oxygen atoms in total. The van der Waals surface area contributed by atoms with Crippen molar-refractivity contribution in [1.29, 1.82) is 0 Å². The molecule has 0 heterocycles. The van der Waals surface area contributed by atoms with Gasteiger partial charge in [0, 0.05) is 12.8 Å². The van der Waals surface area contributed by atoms with E-state index >= 15 is 0 Å². The minimum Gasteiger partial charge on any atom is -0.375 e. The average molecular weight is 193 g/mol. The van der Waals surface area contributed by atoms with Crippen LogP contribution in [0.15, 0.2) is 18.2 Å². The van der Waals surface area contributed by atoms with E-state index in [0.717, 1.165) is 5.69 Å². The van der Waals surface area contributed by atoms with Crippen molar-refractivity contribution in [2.45, 2.75) is 13.8 Å². The third-order valence-electron chi connectivity index (χ3n) is 2.07. The number of amides is 1. The molecule has 14 heavy (non-hydrogen) atoms. The molecule has 76 valence electrons. The normalized spacial score (nSPS) is 9.93. The predicted molar refractivity (Wildman–Crippen MR) is 56.4 cm³/mol. The molecule has 0 fully saturated rings. The van der Waals surface area contributed by atoms with Gasteiger partial charge in [0.1, 0.15) is 6.61 Å². The van der Waals surface area contributed by atoms with Gasteiger partial charge in [-0.1, -0.05) is 6.07 Å². The number of ether oxygens (including phenoxy) is 1. The lowest BCUT2D eigenvalue weighted by Crippen LogP contribution is -2.17. The van der Waals surface area contributed by atoms with Crippen LogP contribution in [0.5, 0.6) is 0 Å².